The van der Waals surface area contributed by atoms with Crippen molar-refractivity contribution in [1.29, 1.82) is 0 Å². The predicted octanol–water partition coefficient (Wildman–Crippen LogP) is 2.95. The maximum atomic E-state index is 13.1. The van der Waals surface area contributed by atoms with Crippen molar-refractivity contribution in [3.05, 3.63) is 52.9 Å². The largest absolute Gasteiger partial charge is 0.451 e. The van der Waals surface area contributed by atoms with Crippen LogP contribution in [0.3, 0.4) is 0 Å². The van der Waals surface area contributed by atoms with Crippen molar-refractivity contribution < 1.29 is 22.4 Å². The Morgan fingerprint density at radius 2 is 1.89 bits per heavy atom. The van der Waals surface area contributed by atoms with E-state index in [1.807, 2.05) is 0 Å². The Bertz CT molecular complexity index is 974. The van der Waals surface area contributed by atoms with Gasteiger partial charge < -0.3 is 0 Å². The monoisotopic (exact) mass is 382 g/mol. The summed E-state index contributed by atoms with van der Waals surface area (Å²) < 4.78 is 52.1. The fraction of sp³-hybridized carbons (Fsp3) is 0.250. The van der Waals surface area contributed by atoms with Crippen LogP contribution in [0, 0.1) is 19.7 Å². The summed E-state index contributed by atoms with van der Waals surface area (Å²) in [4.78, 5) is 15.4. The van der Waals surface area contributed by atoms with E-state index in [1.165, 1.54) is 12.1 Å². The number of anilines is 1. The number of rotatable bonds is 4. The van der Waals surface area contributed by atoms with Crippen molar-refractivity contribution in [3.8, 4) is 5.69 Å². The number of alkyl halides is 3. The maximum Gasteiger partial charge on any atom is 0.451 e. The Morgan fingerprint density at radius 3 is 2.48 bits per heavy atom. The van der Waals surface area contributed by atoms with Crippen LogP contribution in [0.25, 0.3) is 5.69 Å². The Hall–Kier alpha value is -3.24. The number of nitrogens with zero attached hydrogens (tertiary/aromatic N) is 4. The molecule has 2 N–H and O–H groups in total. The zero-order chi connectivity index (χ0) is 19.8. The number of benzene rings is 1. The molecule has 2 aromatic heterocycles. The molecule has 142 valence electrons. The predicted molar refractivity (Wildman–Crippen MR) is 86.7 cm³/mol. The van der Waals surface area contributed by atoms with Crippen LogP contribution >= 0.6 is 0 Å². The molecule has 0 aliphatic carbocycles. The molecule has 11 heteroatoms. The highest BCUT2D eigenvalue weighted by Crippen LogP contribution is 2.26. The average molecular weight is 382 g/mol. The van der Waals surface area contributed by atoms with E-state index in [9.17, 15) is 22.4 Å². The first-order valence-electron chi connectivity index (χ1n) is 7.75. The van der Waals surface area contributed by atoms with Crippen molar-refractivity contribution in [1.82, 2.24) is 25.0 Å². The molecule has 1 amide bonds. The van der Waals surface area contributed by atoms with Crippen LogP contribution in [0.1, 0.15) is 22.8 Å². The molecular formula is C16H14F4N6O. The van der Waals surface area contributed by atoms with Gasteiger partial charge in [-0.05, 0) is 38.1 Å². The normalized spacial score (nSPS) is 11.6. The highest BCUT2D eigenvalue weighted by atomic mass is 19.4. The molecule has 0 saturated heterocycles. The first kappa shape index (κ1) is 18.5. The molecule has 0 radical (unpaired) electrons. The van der Waals surface area contributed by atoms with Gasteiger partial charge in [-0.1, -0.05) is 0 Å². The number of amides is 1. The molecule has 0 atom stereocenters. The molecule has 7 nitrogen and oxygen atoms in total. The SMILES string of the molecule is Cc1nn(-c2ccc(F)cc2)c(C)c1CC(=O)Nc1n[nH]c(C(F)(F)F)n1. The second-order valence-corrected chi connectivity index (χ2v) is 5.77. The fourth-order valence-electron chi connectivity index (χ4n) is 2.54. The van der Waals surface area contributed by atoms with Crippen molar-refractivity contribution in [2.24, 2.45) is 0 Å². The lowest BCUT2D eigenvalue weighted by molar-refractivity contribution is -0.144. The van der Waals surface area contributed by atoms with Gasteiger partial charge >= 0.3 is 6.18 Å². The Labute approximate surface area is 150 Å². The maximum absolute atomic E-state index is 13.1. The molecular weight excluding hydrogens is 368 g/mol. The number of hydrogen-bond acceptors (Lipinski definition) is 4. The molecule has 0 bridgehead atoms. The molecule has 0 saturated carbocycles. The van der Waals surface area contributed by atoms with Gasteiger partial charge in [-0.2, -0.15) is 23.3 Å². The summed E-state index contributed by atoms with van der Waals surface area (Å²) in [6.45, 7) is 3.44. The summed E-state index contributed by atoms with van der Waals surface area (Å²) in [5.41, 5.74) is 2.44. The standard InChI is InChI=1S/C16H14F4N6O/c1-8-12(9(2)26(25-8)11-5-3-10(17)4-6-11)7-13(27)21-15-22-14(23-24-15)16(18,19)20/h3-6H,7H2,1-2H3,(H2,21,22,23,24,27). The van der Waals surface area contributed by atoms with E-state index >= 15 is 0 Å². The highest BCUT2D eigenvalue weighted by molar-refractivity contribution is 5.90. The summed E-state index contributed by atoms with van der Waals surface area (Å²) in [6.07, 6.45) is -4.81. The van der Waals surface area contributed by atoms with Gasteiger partial charge in [-0.15, -0.1) is 5.10 Å². The zero-order valence-electron chi connectivity index (χ0n) is 14.2. The van der Waals surface area contributed by atoms with Gasteiger partial charge in [0.1, 0.15) is 5.82 Å². The van der Waals surface area contributed by atoms with Crippen molar-refractivity contribution in [2.75, 3.05) is 5.32 Å². The van der Waals surface area contributed by atoms with Gasteiger partial charge in [-0.3, -0.25) is 15.2 Å². The Kier molecular flexibility index (Phi) is 4.68. The summed E-state index contributed by atoms with van der Waals surface area (Å²) in [5, 5.41) is 11.6. The van der Waals surface area contributed by atoms with E-state index < -0.39 is 23.9 Å². The van der Waals surface area contributed by atoms with Crippen LogP contribution in [-0.2, 0) is 17.4 Å². The number of aryl methyl sites for hydroxylation is 1. The lowest BCUT2D eigenvalue weighted by atomic mass is 10.1. The second kappa shape index (κ2) is 6.82. The molecule has 0 unspecified atom stereocenters. The van der Waals surface area contributed by atoms with Gasteiger partial charge in [-0.25, -0.2) is 9.07 Å². The van der Waals surface area contributed by atoms with E-state index in [4.69, 9.17) is 0 Å². The van der Waals surface area contributed by atoms with Crippen molar-refractivity contribution in [3.63, 3.8) is 0 Å². The molecule has 0 fully saturated rings. The minimum atomic E-state index is -4.68. The van der Waals surface area contributed by atoms with Gasteiger partial charge in [0.05, 0.1) is 17.8 Å². The number of nitrogens with one attached hydrogen (secondary N) is 2. The van der Waals surface area contributed by atoms with Crippen LogP contribution in [-0.4, -0.2) is 30.9 Å². The first-order valence-corrected chi connectivity index (χ1v) is 7.75. The van der Waals surface area contributed by atoms with Crippen LogP contribution in [0.2, 0.25) is 0 Å². The summed E-state index contributed by atoms with van der Waals surface area (Å²) in [6, 6.07) is 5.68. The van der Waals surface area contributed by atoms with Crippen LogP contribution < -0.4 is 5.32 Å². The molecule has 2 heterocycles. The second-order valence-electron chi connectivity index (χ2n) is 5.77. The number of aromatic amines is 1. The molecule has 0 aliphatic rings. The van der Waals surface area contributed by atoms with Gasteiger partial charge in [0.25, 0.3) is 0 Å². The zero-order valence-corrected chi connectivity index (χ0v) is 14.2. The lowest BCUT2D eigenvalue weighted by Gasteiger charge is -2.05. The third-order valence-corrected chi connectivity index (χ3v) is 3.85. The van der Waals surface area contributed by atoms with E-state index in [0.29, 0.717) is 22.6 Å². The molecule has 0 aliphatic heterocycles. The van der Waals surface area contributed by atoms with Crippen LogP contribution in [0.15, 0.2) is 24.3 Å². The van der Waals surface area contributed by atoms with Gasteiger partial charge in [0.2, 0.25) is 17.7 Å². The number of halogens is 4. The third kappa shape index (κ3) is 3.96. The van der Waals surface area contributed by atoms with Gasteiger partial charge in [0.15, 0.2) is 0 Å². The molecule has 3 aromatic rings. The minimum Gasteiger partial charge on any atom is -0.293 e. The topological polar surface area (TPSA) is 88.5 Å². The molecule has 3 rings (SSSR count). The van der Waals surface area contributed by atoms with E-state index in [0.717, 1.165) is 0 Å². The fourth-order valence-corrected chi connectivity index (χ4v) is 2.54. The van der Waals surface area contributed by atoms with E-state index in [-0.39, 0.29) is 12.2 Å². The Morgan fingerprint density at radius 1 is 1.22 bits per heavy atom. The van der Waals surface area contributed by atoms with Crippen LogP contribution in [0.5, 0.6) is 0 Å². The summed E-state index contributed by atoms with van der Waals surface area (Å²) in [5.74, 6) is -2.74. The molecule has 27 heavy (non-hydrogen) atoms. The highest BCUT2D eigenvalue weighted by Gasteiger charge is 2.35. The smallest absolute Gasteiger partial charge is 0.293 e. The Balaban J connectivity index is 1.76. The van der Waals surface area contributed by atoms with Crippen LogP contribution in [0.4, 0.5) is 23.5 Å². The molecule has 0 spiro atoms. The lowest BCUT2D eigenvalue weighted by Crippen LogP contribution is -2.16. The summed E-state index contributed by atoms with van der Waals surface area (Å²) in [7, 11) is 0. The quantitative estimate of drug-likeness (QED) is 0.679. The first-order chi connectivity index (χ1) is 12.6. The van der Waals surface area contributed by atoms with Gasteiger partial charge in [0, 0.05) is 11.3 Å². The van der Waals surface area contributed by atoms with E-state index in [2.05, 4.69) is 20.5 Å². The summed E-state index contributed by atoms with van der Waals surface area (Å²) >= 11 is 0. The average Bonchev–Trinajstić information content (AvgIpc) is 3.16. The number of carbonyl (C=O) groups is 1. The number of aromatic nitrogens is 5. The van der Waals surface area contributed by atoms with Crippen molar-refractivity contribution in [2.45, 2.75) is 26.4 Å². The molecule has 1 aromatic carbocycles. The number of carbonyl (C=O) groups excluding carboxylic acids is 1. The van der Waals surface area contributed by atoms with Crippen molar-refractivity contribution >= 4 is 11.9 Å². The third-order valence-electron chi connectivity index (χ3n) is 3.85. The number of hydrogen-bond donors (Lipinski definition) is 2. The minimum absolute atomic E-state index is 0.130. The number of H-pyrrole nitrogens is 1. The van der Waals surface area contributed by atoms with E-state index in [1.54, 1.807) is 35.8 Å².